The smallest absolute Gasteiger partial charge is 0.211 e. The van der Waals surface area contributed by atoms with E-state index in [1.807, 2.05) is 25.2 Å². The van der Waals surface area contributed by atoms with Gasteiger partial charge in [0.25, 0.3) is 0 Å². The molecular formula is C11H12N2O2. The lowest BCUT2D eigenvalue weighted by Crippen LogP contribution is -2.19. The van der Waals surface area contributed by atoms with E-state index in [1.54, 1.807) is 0 Å². The highest BCUT2D eigenvalue weighted by Gasteiger charge is 2.21. The molecule has 0 amide bonds. The van der Waals surface area contributed by atoms with Crippen LogP contribution in [0.3, 0.4) is 0 Å². The summed E-state index contributed by atoms with van der Waals surface area (Å²) < 4.78 is 0. The van der Waals surface area contributed by atoms with Crippen molar-refractivity contribution in [2.75, 3.05) is 13.1 Å². The molecular weight excluding hydrogens is 192 g/mol. The highest BCUT2D eigenvalue weighted by molar-refractivity contribution is 5.37. The van der Waals surface area contributed by atoms with Crippen LogP contribution in [0.2, 0.25) is 0 Å². The summed E-state index contributed by atoms with van der Waals surface area (Å²) in [6.45, 7) is 2.82. The number of rotatable bonds is 4. The molecule has 0 fully saturated rings. The molecule has 1 unspecified atom stereocenters. The van der Waals surface area contributed by atoms with Gasteiger partial charge in [-0.1, -0.05) is 25.2 Å². The van der Waals surface area contributed by atoms with Gasteiger partial charge < -0.3 is 0 Å². The second-order valence-electron chi connectivity index (χ2n) is 3.79. The summed E-state index contributed by atoms with van der Waals surface area (Å²) in [4.78, 5) is 27.0. The first-order chi connectivity index (χ1) is 7.20. The second kappa shape index (κ2) is 5.20. The molecule has 0 N–H and O–H groups in total. The first-order valence-corrected chi connectivity index (χ1v) is 4.66. The van der Waals surface area contributed by atoms with Gasteiger partial charge in [0.2, 0.25) is 12.2 Å². The average Bonchev–Trinajstić information content (AvgIpc) is 2.26. The van der Waals surface area contributed by atoms with Crippen LogP contribution in [0.4, 0.5) is 0 Å². The monoisotopic (exact) mass is 204 g/mol. The Labute approximate surface area is 88.1 Å². The van der Waals surface area contributed by atoms with Crippen molar-refractivity contribution in [1.82, 2.24) is 0 Å². The quantitative estimate of drug-likeness (QED) is 0.515. The van der Waals surface area contributed by atoms with Crippen molar-refractivity contribution in [3.8, 4) is 0 Å². The third-order valence-corrected chi connectivity index (χ3v) is 2.36. The van der Waals surface area contributed by atoms with Crippen LogP contribution in [0, 0.1) is 5.41 Å². The van der Waals surface area contributed by atoms with E-state index >= 15 is 0 Å². The molecule has 1 atom stereocenters. The first-order valence-electron chi connectivity index (χ1n) is 4.66. The SMILES string of the molecule is CC1(CN=C=O)C=CC(CN=C=O)=CC1. The molecule has 0 heterocycles. The number of aliphatic imine (C=N–C) groups is 2. The van der Waals surface area contributed by atoms with Gasteiger partial charge in [0, 0.05) is 5.41 Å². The van der Waals surface area contributed by atoms with E-state index in [-0.39, 0.29) is 5.41 Å². The van der Waals surface area contributed by atoms with Gasteiger partial charge in [-0.2, -0.15) is 0 Å². The normalized spacial score (nSPS) is 23.7. The van der Waals surface area contributed by atoms with Gasteiger partial charge >= 0.3 is 0 Å². The maximum atomic E-state index is 10.0. The fraction of sp³-hybridized carbons (Fsp3) is 0.455. The van der Waals surface area contributed by atoms with Crippen molar-refractivity contribution in [1.29, 1.82) is 0 Å². The zero-order chi connectivity index (χ0) is 11.1. The van der Waals surface area contributed by atoms with Crippen molar-refractivity contribution in [3.63, 3.8) is 0 Å². The summed E-state index contributed by atoms with van der Waals surface area (Å²) in [7, 11) is 0. The lowest BCUT2D eigenvalue weighted by Gasteiger charge is -2.24. The van der Waals surface area contributed by atoms with Crippen LogP contribution in [-0.4, -0.2) is 25.2 Å². The van der Waals surface area contributed by atoms with Crippen LogP contribution in [0.5, 0.6) is 0 Å². The molecule has 0 spiro atoms. The molecule has 1 aliphatic carbocycles. The van der Waals surface area contributed by atoms with E-state index in [2.05, 4.69) is 9.98 Å². The Bertz CT molecular complexity index is 385. The van der Waals surface area contributed by atoms with Crippen molar-refractivity contribution in [2.45, 2.75) is 13.3 Å². The Morgan fingerprint density at radius 2 is 2.13 bits per heavy atom. The summed E-state index contributed by atoms with van der Waals surface area (Å²) >= 11 is 0. The molecule has 4 heteroatoms. The number of carbonyl (C=O) groups excluding carboxylic acids is 2. The topological polar surface area (TPSA) is 58.9 Å². The predicted octanol–water partition coefficient (Wildman–Crippen LogP) is 1.55. The summed E-state index contributed by atoms with van der Waals surface area (Å²) in [5, 5.41) is 0. The van der Waals surface area contributed by atoms with E-state index in [4.69, 9.17) is 0 Å². The van der Waals surface area contributed by atoms with Gasteiger partial charge in [-0.05, 0) is 12.0 Å². The van der Waals surface area contributed by atoms with Gasteiger partial charge in [-0.15, -0.1) is 0 Å². The molecule has 0 bridgehead atoms. The third kappa shape index (κ3) is 3.47. The summed E-state index contributed by atoms with van der Waals surface area (Å²) in [6, 6.07) is 0. The Morgan fingerprint density at radius 1 is 1.40 bits per heavy atom. The van der Waals surface area contributed by atoms with E-state index in [1.165, 1.54) is 12.2 Å². The summed E-state index contributed by atoms with van der Waals surface area (Å²) in [6.07, 6.45) is 9.72. The largest absolute Gasteiger partial charge is 0.235 e. The highest BCUT2D eigenvalue weighted by atomic mass is 16.1. The van der Waals surface area contributed by atoms with Crippen LogP contribution < -0.4 is 0 Å². The zero-order valence-corrected chi connectivity index (χ0v) is 8.56. The third-order valence-electron chi connectivity index (χ3n) is 2.36. The van der Waals surface area contributed by atoms with Gasteiger partial charge in [-0.25, -0.2) is 19.6 Å². The molecule has 78 valence electrons. The van der Waals surface area contributed by atoms with Crippen molar-refractivity contribution >= 4 is 12.2 Å². The minimum atomic E-state index is -0.119. The summed E-state index contributed by atoms with van der Waals surface area (Å²) in [5.74, 6) is 0. The lowest BCUT2D eigenvalue weighted by atomic mass is 9.82. The van der Waals surface area contributed by atoms with E-state index in [0.717, 1.165) is 12.0 Å². The molecule has 1 rings (SSSR count). The van der Waals surface area contributed by atoms with Crippen LogP contribution >= 0.6 is 0 Å². The fourth-order valence-electron chi connectivity index (χ4n) is 1.38. The molecule has 0 aromatic rings. The van der Waals surface area contributed by atoms with Gasteiger partial charge in [0.05, 0.1) is 13.1 Å². The Balaban J connectivity index is 2.61. The van der Waals surface area contributed by atoms with Crippen LogP contribution in [0.1, 0.15) is 13.3 Å². The molecule has 0 aromatic carbocycles. The van der Waals surface area contributed by atoms with Crippen LogP contribution in [0.25, 0.3) is 0 Å². The minimum absolute atomic E-state index is 0.119. The van der Waals surface area contributed by atoms with Crippen LogP contribution in [-0.2, 0) is 9.59 Å². The number of hydrogen-bond donors (Lipinski definition) is 0. The molecule has 0 aromatic heterocycles. The minimum Gasteiger partial charge on any atom is -0.211 e. The second-order valence-corrected chi connectivity index (χ2v) is 3.79. The Morgan fingerprint density at radius 3 is 2.67 bits per heavy atom. The maximum absolute atomic E-state index is 10.0. The number of hydrogen-bond acceptors (Lipinski definition) is 4. The average molecular weight is 204 g/mol. The number of isocyanates is 2. The molecule has 0 radical (unpaired) electrons. The molecule has 0 saturated heterocycles. The lowest BCUT2D eigenvalue weighted by molar-refractivity contribution is 0.440. The van der Waals surface area contributed by atoms with Crippen molar-refractivity contribution in [2.24, 2.45) is 15.4 Å². The van der Waals surface area contributed by atoms with Gasteiger partial charge in [0.15, 0.2) is 0 Å². The van der Waals surface area contributed by atoms with Crippen molar-refractivity contribution in [3.05, 3.63) is 23.8 Å². The highest BCUT2D eigenvalue weighted by Crippen LogP contribution is 2.29. The predicted molar refractivity (Wildman–Crippen MR) is 55.9 cm³/mol. The number of allylic oxidation sites excluding steroid dienone is 1. The van der Waals surface area contributed by atoms with Crippen molar-refractivity contribution < 1.29 is 9.59 Å². The zero-order valence-electron chi connectivity index (χ0n) is 8.56. The molecule has 15 heavy (non-hydrogen) atoms. The van der Waals surface area contributed by atoms with Gasteiger partial charge in [-0.3, -0.25) is 0 Å². The molecule has 1 aliphatic rings. The maximum Gasteiger partial charge on any atom is 0.235 e. The first kappa shape index (κ1) is 11.3. The molecule has 0 aliphatic heterocycles. The Hall–Kier alpha value is -1.76. The summed E-state index contributed by atoms with van der Waals surface area (Å²) in [5.41, 5.74) is 0.872. The fourth-order valence-corrected chi connectivity index (χ4v) is 1.38. The molecule has 4 nitrogen and oxygen atoms in total. The van der Waals surface area contributed by atoms with E-state index in [9.17, 15) is 9.59 Å². The van der Waals surface area contributed by atoms with Gasteiger partial charge in [0.1, 0.15) is 0 Å². The number of nitrogens with zero attached hydrogens (tertiary/aromatic N) is 2. The van der Waals surface area contributed by atoms with E-state index in [0.29, 0.717) is 13.1 Å². The molecule has 0 saturated carbocycles. The van der Waals surface area contributed by atoms with E-state index < -0.39 is 0 Å². The van der Waals surface area contributed by atoms with Crippen LogP contribution in [0.15, 0.2) is 33.8 Å². The Kier molecular flexibility index (Phi) is 3.92. The standard InChI is InChI=1S/C11H12N2O2/c1-11(7-13-9-15)4-2-10(3-5-11)6-12-8-14/h2-4H,5-7H2,1H3.